The zero-order valence-electron chi connectivity index (χ0n) is 10.1. The van der Waals surface area contributed by atoms with Crippen LogP contribution in [0.15, 0.2) is 36.5 Å². The molecule has 0 saturated heterocycles. The van der Waals surface area contributed by atoms with Crippen LogP contribution in [0.2, 0.25) is 0 Å². The van der Waals surface area contributed by atoms with E-state index in [1.165, 1.54) is 44.9 Å². The van der Waals surface area contributed by atoms with Crippen LogP contribution < -0.4 is 0 Å². The van der Waals surface area contributed by atoms with Crippen LogP contribution in [0.4, 0.5) is 0 Å². The molecule has 0 saturated carbocycles. The molecule has 0 unspecified atom stereocenters. The van der Waals surface area contributed by atoms with Gasteiger partial charge in [0.2, 0.25) is 0 Å². The Balaban J connectivity index is 3.16. The second kappa shape index (κ2) is 13.2. The SMILES string of the molecule is [CH2]C=CC=CC=CCCCCCCCC. The normalized spacial score (nSPS) is 12.4. The van der Waals surface area contributed by atoms with Crippen LogP contribution in [-0.2, 0) is 0 Å². The van der Waals surface area contributed by atoms with Crippen molar-refractivity contribution in [2.75, 3.05) is 0 Å². The van der Waals surface area contributed by atoms with Crippen molar-refractivity contribution < 1.29 is 0 Å². The summed E-state index contributed by atoms with van der Waals surface area (Å²) < 4.78 is 0. The predicted molar refractivity (Wildman–Crippen MR) is 70.8 cm³/mol. The number of hydrogen-bond donors (Lipinski definition) is 0. The van der Waals surface area contributed by atoms with Gasteiger partial charge in [-0.2, -0.15) is 0 Å². The molecule has 0 amide bonds. The molecule has 85 valence electrons. The standard InChI is InChI=1S/C15H25/c1-3-5-7-9-11-13-15-14-12-10-8-6-4-2/h3,5,7,9,11,13H,1,4,6,8,10,12,14-15H2,2H3. The van der Waals surface area contributed by atoms with E-state index in [4.69, 9.17) is 0 Å². The van der Waals surface area contributed by atoms with Crippen molar-refractivity contribution in [2.45, 2.75) is 51.9 Å². The third-order valence-corrected chi connectivity index (χ3v) is 2.33. The van der Waals surface area contributed by atoms with Crippen molar-refractivity contribution in [2.24, 2.45) is 0 Å². The van der Waals surface area contributed by atoms with Crippen LogP contribution in [0, 0.1) is 6.92 Å². The van der Waals surface area contributed by atoms with Gasteiger partial charge in [0.15, 0.2) is 0 Å². The van der Waals surface area contributed by atoms with E-state index in [0.29, 0.717) is 0 Å². The molecule has 0 bridgehead atoms. The maximum Gasteiger partial charge on any atom is -0.0313 e. The zero-order chi connectivity index (χ0) is 11.2. The van der Waals surface area contributed by atoms with Crippen molar-refractivity contribution in [3.8, 4) is 0 Å². The molecule has 0 rings (SSSR count). The number of hydrogen-bond acceptors (Lipinski definition) is 0. The van der Waals surface area contributed by atoms with Crippen LogP contribution in [-0.4, -0.2) is 0 Å². The Labute approximate surface area is 95.8 Å². The van der Waals surface area contributed by atoms with Gasteiger partial charge in [-0.25, -0.2) is 0 Å². The monoisotopic (exact) mass is 205 g/mol. The highest BCUT2D eigenvalue weighted by Gasteiger charge is 1.87. The number of unbranched alkanes of at least 4 members (excludes halogenated alkanes) is 6. The van der Waals surface area contributed by atoms with Gasteiger partial charge in [-0.1, -0.05) is 75.5 Å². The fraction of sp³-hybridized carbons (Fsp3) is 0.533. The van der Waals surface area contributed by atoms with Crippen molar-refractivity contribution in [1.29, 1.82) is 0 Å². The Bertz CT molecular complexity index is 184. The van der Waals surface area contributed by atoms with E-state index in [9.17, 15) is 0 Å². The summed E-state index contributed by atoms with van der Waals surface area (Å²) in [4.78, 5) is 0. The van der Waals surface area contributed by atoms with Gasteiger partial charge in [0.05, 0.1) is 0 Å². The summed E-state index contributed by atoms with van der Waals surface area (Å²) in [5.41, 5.74) is 0. The van der Waals surface area contributed by atoms with E-state index in [0.717, 1.165) is 0 Å². The van der Waals surface area contributed by atoms with Gasteiger partial charge in [-0.15, -0.1) is 0 Å². The van der Waals surface area contributed by atoms with E-state index in [1.54, 1.807) is 6.08 Å². The Morgan fingerprint density at radius 1 is 0.800 bits per heavy atom. The quantitative estimate of drug-likeness (QED) is 0.357. The summed E-state index contributed by atoms with van der Waals surface area (Å²) in [6.07, 6.45) is 21.6. The van der Waals surface area contributed by atoms with E-state index in [1.807, 2.05) is 12.2 Å². The molecule has 1 radical (unpaired) electrons. The number of allylic oxidation sites excluding steroid dienone is 6. The Kier molecular flexibility index (Phi) is 12.5. The predicted octanol–water partition coefficient (Wildman–Crippen LogP) is 5.24. The van der Waals surface area contributed by atoms with Crippen LogP contribution in [0.5, 0.6) is 0 Å². The molecular formula is C15H25. The molecule has 0 aliphatic rings. The van der Waals surface area contributed by atoms with Crippen LogP contribution in [0.3, 0.4) is 0 Å². The maximum absolute atomic E-state index is 3.61. The first-order chi connectivity index (χ1) is 7.41. The highest BCUT2D eigenvalue weighted by atomic mass is 13.9. The summed E-state index contributed by atoms with van der Waals surface area (Å²) >= 11 is 0. The van der Waals surface area contributed by atoms with Crippen molar-refractivity contribution >= 4 is 0 Å². The van der Waals surface area contributed by atoms with Gasteiger partial charge in [0.1, 0.15) is 0 Å². The van der Waals surface area contributed by atoms with Crippen molar-refractivity contribution in [3.05, 3.63) is 43.4 Å². The molecule has 0 aliphatic heterocycles. The lowest BCUT2D eigenvalue weighted by molar-refractivity contribution is 0.611. The second-order valence-corrected chi connectivity index (χ2v) is 3.80. The van der Waals surface area contributed by atoms with Gasteiger partial charge in [0.25, 0.3) is 0 Å². The lowest BCUT2D eigenvalue weighted by atomic mass is 10.1. The van der Waals surface area contributed by atoms with Crippen molar-refractivity contribution in [1.82, 2.24) is 0 Å². The minimum absolute atomic E-state index is 1.21. The van der Waals surface area contributed by atoms with E-state index in [-0.39, 0.29) is 0 Å². The number of rotatable bonds is 9. The molecule has 0 N–H and O–H groups in total. The maximum atomic E-state index is 3.61. The molecule has 0 aromatic carbocycles. The van der Waals surface area contributed by atoms with Gasteiger partial charge >= 0.3 is 0 Å². The van der Waals surface area contributed by atoms with Crippen LogP contribution in [0.25, 0.3) is 0 Å². The molecule has 0 fully saturated rings. The van der Waals surface area contributed by atoms with Gasteiger partial charge < -0.3 is 0 Å². The summed E-state index contributed by atoms with van der Waals surface area (Å²) in [5, 5.41) is 0. The van der Waals surface area contributed by atoms with Crippen LogP contribution in [0.1, 0.15) is 51.9 Å². The third-order valence-electron chi connectivity index (χ3n) is 2.33. The highest BCUT2D eigenvalue weighted by Crippen LogP contribution is 2.06. The second-order valence-electron chi connectivity index (χ2n) is 3.80. The van der Waals surface area contributed by atoms with E-state index < -0.39 is 0 Å². The molecular weight excluding hydrogens is 180 g/mol. The Hall–Kier alpha value is -0.780. The smallest absolute Gasteiger partial charge is 0.0313 e. The topological polar surface area (TPSA) is 0 Å². The summed E-state index contributed by atoms with van der Waals surface area (Å²) in [6, 6.07) is 0. The van der Waals surface area contributed by atoms with E-state index in [2.05, 4.69) is 32.1 Å². The summed E-state index contributed by atoms with van der Waals surface area (Å²) in [7, 11) is 0. The molecule has 0 atom stereocenters. The van der Waals surface area contributed by atoms with Gasteiger partial charge in [0, 0.05) is 0 Å². The third kappa shape index (κ3) is 13.2. The molecule has 0 nitrogen and oxygen atoms in total. The lowest BCUT2D eigenvalue weighted by Gasteiger charge is -1.97. The molecule has 15 heavy (non-hydrogen) atoms. The fourth-order valence-corrected chi connectivity index (χ4v) is 1.42. The highest BCUT2D eigenvalue weighted by molar-refractivity contribution is 5.11. The molecule has 0 aromatic heterocycles. The summed E-state index contributed by atoms with van der Waals surface area (Å²) in [6.45, 7) is 5.87. The summed E-state index contributed by atoms with van der Waals surface area (Å²) in [5.74, 6) is 0. The molecule has 0 heteroatoms. The van der Waals surface area contributed by atoms with Gasteiger partial charge in [-0.3, -0.25) is 0 Å². The van der Waals surface area contributed by atoms with Gasteiger partial charge in [-0.05, 0) is 19.8 Å². The minimum Gasteiger partial charge on any atom is -0.0845 e. The minimum atomic E-state index is 1.21. The molecule has 0 aromatic rings. The first-order valence-corrected chi connectivity index (χ1v) is 6.19. The molecule has 0 heterocycles. The molecule has 0 spiro atoms. The first-order valence-electron chi connectivity index (χ1n) is 6.19. The average molecular weight is 205 g/mol. The first kappa shape index (κ1) is 14.2. The zero-order valence-corrected chi connectivity index (χ0v) is 10.1. The largest absolute Gasteiger partial charge is 0.0845 e. The average Bonchev–Trinajstić information content (AvgIpc) is 2.26. The lowest BCUT2D eigenvalue weighted by Crippen LogP contribution is -1.77. The molecule has 0 aliphatic carbocycles. The van der Waals surface area contributed by atoms with Crippen LogP contribution >= 0.6 is 0 Å². The van der Waals surface area contributed by atoms with E-state index >= 15 is 0 Å². The Morgan fingerprint density at radius 3 is 2.20 bits per heavy atom. The fourth-order valence-electron chi connectivity index (χ4n) is 1.42. The Morgan fingerprint density at radius 2 is 1.47 bits per heavy atom. The van der Waals surface area contributed by atoms with Crippen molar-refractivity contribution in [3.63, 3.8) is 0 Å².